The molecule has 0 unspecified atom stereocenters. The van der Waals surface area contributed by atoms with E-state index in [0.29, 0.717) is 27.0 Å². The number of rotatable bonds is 8. The Labute approximate surface area is 201 Å². The molecule has 1 N–H and O–H groups in total. The summed E-state index contributed by atoms with van der Waals surface area (Å²) in [6.45, 7) is -3.00. The predicted molar refractivity (Wildman–Crippen MR) is 130 cm³/mol. The maximum atomic E-state index is 13.6. The number of carbonyl (C=O) groups excluding carboxylic acids is 1. The third kappa shape index (κ3) is 4.69. The van der Waals surface area contributed by atoms with Crippen molar-refractivity contribution in [2.45, 2.75) is 30.5 Å². The van der Waals surface area contributed by atoms with Gasteiger partial charge in [-0.1, -0.05) is 42.1 Å². The highest BCUT2D eigenvalue weighted by atomic mass is 32.2. The van der Waals surface area contributed by atoms with Crippen LogP contribution in [0, 0.1) is 0 Å². The predicted octanol–water partition coefficient (Wildman–Crippen LogP) is 5.66. The minimum absolute atomic E-state index is 0.0748. The van der Waals surface area contributed by atoms with Crippen LogP contribution in [0.3, 0.4) is 0 Å². The van der Waals surface area contributed by atoms with Crippen LogP contribution < -0.4 is 15.6 Å². The Bertz CT molecular complexity index is 1400. The van der Waals surface area contributed by atoms with Crippen LogP contribution in [0.15, 0.2) is 69.9 Å². The quantitative estimate of drug-likeness (QED) is 0.250. The number of hydrogen-bond acceptors (Lipinski definition) is 6. The van der Waals surface area contributed by atoms with Crippen molar-refractivity contribution in [3.63, 3.8) is 0 Å². The van der Waals surface area contributed by atoms with Gasteiger partial charge in [0.25, 0.3) is 5.56 Å². The first-order chi connectivity index (χ1) is 16.5. The Kier molecular flexibility index (Phi) is 6.34. The second-order valence-corrected chi connectivity index (χ2v) is 9.53. The smallest absolute Gasteiger partial charge is 0.387 e. The number of carbonyl (C=O) groups is 1. The number of fused-ring (bicyclic) bond motifs is 1. The number of benzene rings is 2. The summed E-state index contributed by atoms with van der Waals surface area (Å²) in [6.07, 6.45) is 2.15. The maximum Gasteiger partial charge on any atom is 0.387 e. The molecule has 1 fully saturated rings. The number of ether oxygens (including phenoxy) is 1. The molecule has 0 bridgehead atoms. The molecule has 174 valence electrons. The van der Waals surface area contributed by atoms with Crippen LogP contribution in [0.2, 0.25) is 0 Å². The molecule has 2 aromatic carbocycles. The fourth-order valence-electron chi connectivity index (χ4n) is 3.67. The molecule has 0 spiro atoms. The van der Waals surface area contributed by atoms with E-state index in [1.165, 1.54) is 34.1 Å². The molecule has 6 nitrogen and oxygen atoms in total. The van der Waals surface area contributed by atoms with Crippen molar-refractivity contribution in [1.29, 1.82) is 0 Å². The molecule has 34 heavy (non-hydrogen) atoms. The van der Waals surface area contributed by atoms with E-state index in [9.17, 15) is 18.4 Å². The van der Waals surface area contributed by atoms with E-state index in [0.717, 1.165) is 30.2 Å². The maximum absolute atomic E-state index is 13.6. The van der Waals surface area contributed by atoms with Crippen LogP contribution >= 0.6 is 23.1 Å². The molecule has 0 atom stereocenters. The van der Waals surface area contributed by atoms with E-state index in [1.807, 2.05) is 35.7 Å². The first kappa shape index (κ1) is 22.5. The molecule has 4 aromatic rings. The Hall–Kier alpha value is -3.24. The van der Waals surface area contributed by atoms with E-state index in [2.05, 4.69) is 10.1 Å². The lowest BCUT2D eigenvalue weighted by atomic mass is 10.1. The van der Waals surface area contributed by atoms with Gasteiger partial charge in [0.1, 0.15) is 10.6 Å². The van der Waals surface area contributed by atoms with Gasteiger partial charge in [-0.05, 0) is 54.0 Å². The molecular formula is C24H19F2N3O3S2. The number of halogens is 2. The molecule has 2 heterocycles. The number of hydrogen-bond donors (Lipinski definition) is 1. The zero-order valence-corrected chi connectivity index (χ0v) is 19.4. The molecular weight excluding hydrogens is 480 g/mol. The zero-order chi connectivity index (χ0) is 23.7. The van der Waals surface area contributed by atoms with Gasteiger partial charge in [0, 0.05) is 0 Å². The summed E-state index contributed by atoms with van der Waals surface area (Å²) in [6, 6.07) is 15.2. The number of nitrogens with one attached hydrogen (secondary N) is 1. The largest absolute Gasteiger partial charge is 0.433 e. The molecule has 0 radical (unpaired) electrons. The topological polar surface area (TPSA) is 73.2 Å². The van der Waals surface area contributed by atoms with Crippen LogP contribution in [0.5, 0.6) is 5.75 Å². The third-order valence-corrected chi connectivity index (χ3v) is 7.18. The molecule has 1 amide bonds. The Morgan fingerprint density at radius 3 is 2.65 bits per heavy atom. The van der Waals surface area contributed by atoms with Gasteiger partial charge in [-0.25, -0.2) is 4.98 Å². The number of aromatic nitrogens is 2. The first-order valence-electron chi connectivity index (χ1n) is 10.6. The fraction of sp³-hybridized carbons (Fsp3) is 0.208. The monoisotopic (exact) mass is 499 g/mol. The lowest BCUT2D eigenvalue weighted by molar-refractivity contribution is -0.113. The van der Waals surface area contributed by atoms with Crippen LogP contribution in [-0.4, -0.2) is 27.8 Å². The summed E-state index contributed by atoms with van der Waals surface area (Å²) in [5.41, 5.74) is 1.70. The van der Waals surface area contributed by atoms with Crippen LogP contribution in [0.25, 0.3) is 15.9 Å². The molecule has 0 aliphatic heterocycles. The highest BCUT2D eigenvalue weighted by Crippen LogP contribution is 2.44. The molecule has 1 saturated carbocycles. The SMILES string of the molecule is O=C(CSc1nc2scc(C3CC3)c2c(=O)n1-c1ccccc1)Nc1ccccc1OC(F)F. The first-order valence-corrected chi connectivity index (χ1v) is 12.4. The van der Waals surface area contributed by atoms with Gasteiger partial charge >= 0.3 is 6.61 Å². The molecule has 2 aromatic heterocycles. The van der Waals surface area contributed by atoms with E-state index in [-0.39, 0.29) is 22.7 Å². The number of thiophene rings is 1. The second-order valence-electron chi connectivity index (χ2n) is 7.73. The fourth-order valence-corrected chi connectivity index (χ4v) is 5.55. The normalized spacial score (nSPS) is 13.4. The molecule has 1 aliphatic carbocycles. The number of anilines is 1. The highest BCUT2D eigenvalue weighted by molar-refractivity contribution is 7.99. The number of amides is 1. The summed E-state index contributed by atoms with van der Waals surface area (Å²) in [5, 5.41) is 5.63. The van der Waals surface area contributed by atoms with Gasteiger partial charge in [-0.15, -0.1) is 11.3 Å². The molecule has 10 heteroatoms. The van der Waals surface area contributed by atoms with Crippen molar-refractivity contribution < 1.29 is 18.3 Å². The van der Waals surface area contributed by atoms with Crippen molar-refractivity contribution in [2.75, 3.05) is 11.1 Å². The summed E-state index contributed by atoms with van der Waals surface area (Å²) < 4.78 is 31.3. The van der Waals surface area contributed by atoms with Crippen molar-refractivity contribution >= 4 is 44.9 Å². The number of nitrogens with zero attached hydrogens (tertiary/aromatic N) is 2. The van der Waals surface area contributed by atoms with Crippen molar-refractivity contribution in [1.82, 2.24) is 9.55 Å². The minimum Gasteiger partial charge on any atom is -0.433 e. The summed E-state index contributed by atoms with van der Waals surface area (Å²) in [5.74, 6) is -0.224. The Balaban J connectivity index is 1.44. The van der Waals surface area contributed by atoms with Crippen molar-refractivity contribution in [3.8, 4) is 11.4 Å². The third-order valence-electron chi connectivity index (χ3n) is 5.35. The second kappa shape index (κ2) is 9.55. The standard InChI is InChI=1S/C24H19F2N3O3S2/c25-23(26)32-18-9-5-4-8-17(18)27-19(30)13-34-24-28-21-20(16(12-33-21)14-10-11-14)22(31)29(24)15-6-2-1-3-7-15/h1-9,12,14,23H,10-11,13H2,(H,27,30). The van der Waals surface area contributed by atoms with E-state index in [4.69, 9.17) is 4.98 Å². The number of para-hydroxylation sites is 3. The lowest BCUT2D eigenvalue weighted by Crippen LogP contribution is -2.23. The Morgan fingerprint density at radius 2 is 1.91 bits per heavy atom. The van der Waals surface area contributed by atoms with Crippen LogP contribution in [0.1, 0.15) is 24.3 Å². The average Bonchev–Trinajstić information content (AvgIpc) is 3.58. The summed E-state index contributed by atoms with van der Waals surface area (Å²) in [4.78, 5) is 31.6. The minimum atomic E-state index is -3.00. The molecule has 5 rings (SSSR count). The van der Waals surface area contributed by atoms with Crippen molar-refractivity contribution in [3.05, 3.63) is 75.9 Å². The van der Waals surface area contributed by atoms with E-state index < -0.39 is 12.5 Å². The molecule has 0 saturated heterocycles. The van der Waals surface area contributed by atoms with Gasteiger partial charge in [0.05, 0.1) is 22.5 Å². The van der Waals surface area contributed by atoms with Gasteiger partial charge < -0.3 is 10.1 Å². The van der Waals surface area contributed by atoms with E-state index >= 15 is 0 Å². The summed E-state index contributed by atoms with van der Waals surface area (Å²) >= 11 is 2.54. The average molecular weight is 500 g/mol. The van der Waals surface area contributed by atoms with Gasteiger partial charge in [0.15, 0.2) is 5.16 Å². The summed E-state index contributed by atoms with van der Waals surface area (Å²) in [7, 11) is 0. The lowest BCUT2D eigenvalue weighted by Gasteiger charge is -2.13. The van der Waals surface area contributed by atoms with Gasteiger partial charge in [-0.3, -0.25) is 14.2 Å². The highest BCUT2D eigenvalue weighted by Gasteiger charge is 2.29. The van der Waals surface area contributed by atoms with Crippen LogP contribution in [-0.2, 0) is 4.79 Å². The van der Waals surface area contributed by atoms with Crippen LogP contribution in [0.4, 0.5) is 14.5 Å². The van der Waals surface area contributed by atoms with E-state index in [1.54, 1.807) is 6.07 Å². The van der Waals surface area contributed by atoms with Gasteiger partial charge in [0.2, 0.25) is 5.91 Å². The number of thioether (sulfide) groups is 1. The number of alkyl halides is 2. The molecule has 1 aliphatic rings. The van der Waals surface area contributed by atoms with Gasteiger partial charge in [-0.2, -0.15) is 8.78 Å². The Morgan fingerprint density at radius 1 is 1.18 bits per heavy atom. The zero-order valence-electron chi connectivity index (χ0n) is 17.7. The van der Waals surface area contributed by atoms with Crippen molar-refractivity contribution in [2.24, 2.45) is 0 Å².